The number of carbonyl (C=O) groups excluding carboxylic acids is 2. The average molecular weight is 565 g/mol. The van der Waals surface area contributed by atoms with Crippen molar-refractivity contribution >= 4 is 17.9 Å². The van der Waals surface area contributed by atoms with Gasteiger partial charge in [-0.1, -0.05) is 103 Å². The molecule has 220 valence electrons. The second-order valence-electron chi connectivity index (χ2n) is 10.8. The summed E-state index contributed by atoms with van der Waals surface area (Å²) in [6.45, 7) is 4.43. The van der Waals surface area contributed by atoms with E-state index in [1.807, 2.05) is 79.6 Å². The highest BCUT2D eigenvalue weighted by molar-refractivity contribution is 5.97. The van der Waals surface area contributed by atoms with Crippen LogP contribution in [0.2, 0.25) is 0 Å². The van der Waals surface area contributed by atoms with Gasteiger partial charge in [-0.05, 0) is 62.5 Å². The van der Waals surface area contributed by atoms with Crippen molar-refractivity contribution in [2.75, 3.05) is 33.2 Å². The molecule has 1 aliphatic rings. The lowest BCUT2D eigenvalue weighted by Gasteiger charge is -2.29. The van der Waals surface area contributed by atoms with E-state index in [4.69, 9.17) is 0 Å². The van der Waals surface area contributed by atoms with Gasteiger partial charge in [-0.15, -0.1) is 0 Å². The van der Waals surface area contributed by atoms with Crippen LogP contribution in [0.15, 0.2) is 109 Å². The van der Waals surface area contributed by atoms with Crippen LogP contribution in [-0.2, 0) is 9.59 Å². The fourth-order valence-electron chi connectivity index (χ4n) is 5.48. The topological polar surface area (TPSA) is 73.5 Å². The monoisotopic (exact) mass is 564 g/mol. The fourth-order valence-corrected chi connectivity index (χ4v) is 5.48. The van der Waals surface area contributed by atoms with Gasteiger partial charge in [0.05, 0.1) is 6.04 Å². The van der Waals surface area contributed by atoms with Crippen LogP contribution in [-0.4, -0.2) is 62.0 Å². The molecule has 0 aromatic heterocycles. The second-order valence-corrected chi connectivity index (χ2v) is 10.8. The van der Waals surface area contributed by atoms with E-state index in [1.54, 1.807) is 0 Å². The summed E-state index contributed by atoms with van der Waals surface area (Å²) in [7, 11) is 1.93. The summed E-state index contributed by atoms with van der Waals surface area (Å²) in [5, 5.41) is 9.92. The van der Waals surface area contributed by atoms with Crippen molar-refractivity contribution in [3.8, 4) is 0 Å². The Bertz CT molecular complexity index is 1270. The quantitative estimate of drug-likeness (QED) is 0.153. The number of nitrogens with zero attached hydrogens (tertiary/aromatic N) is 1. The first-order valence-corrected chi connectivity index (χ1v) is 15.1. The summed E-state index contributed by atoms with van der Waals surface area (Å²) in [5.74, 6) is 0.106. The van der Waals surface area contributed by atoms with Crippen LogP contribution in [0, 0.1) is 0 Å². The molecule has 1 saturated heterocycles. The van der Waals surface area contributed by atoms with E-state index in [2.05, 4.69) is 64.5 Å². The highest BCUT2D eigenvalue weighted by atomic mass is 16.2. The molecule has 3 N–H and O–H groups in total. The highest BCUT2D eigenvalue weighted by Gasteiger charge is 2.32. The minimum Gasteiger partial charge on any atom is -0.350 e. The Morgan fingerprint density at radius 1 is 0.976 bits per heavy atom. The predicted octanol–water partition coefficient (Wildman–Crippen LogP) is 5.15. The van der Waals surface area contributed by atoms with Gasteiger partial charge in [0.15, 0.2) is 0 Å². The number of nitrogens with one attached hydrogen (secondary N) is 3. The minimum absolute atomic E-state index is 0.00871. The van der Waals surface area contributed by atoms with Gasteiger partial charge >= 0.3 is 0 Å². The van der Waals surface area contributed by atoms with Gasteiger partial charge in [0, 0.05) is 37.2 Å². The summed E-state index contributed by atoms with van der Waals surface area (Å²) >= 11 is 0. The zero-order chi connectivity index (χ0) is 29.6. The molecule has 2 amide bonds. The number of hydrogen-bond donors (Lipinski definition) is 3. The van der Waals surface area contributed by atoms with E-state index in [-0.39, 0.29) is 29.8 Å². The van der Waals surface area contributed by atoms with Crippen molar-refractivity contribution in [3.63, 3.8) is 0 Å². The van der Waals surface area contributed by atoms with Gasteiger partial charge in [-0.3, -0.25) is 9.59 Å². The molecular weight excluding hydrogens is 520 g/mol. The zero-order valence-electron chi connectivity index (χ0n) is 24.8. The molecule has 0 bridgehead atoms. The molecule has 2 atom stereocenters. The first kappa shape index (κ1) is 30.9. The SMILES string of the molecule is C/C=C(\C=C/c1ccccc1)C(=O)NCC1CCN(CC(c2ccccc2)c2ccccc2)C(=O)C(CCCNC)N1. The molecule has 0 spiro atoms. The van der Waals surface area contributed by atoms with Crippen LogP contribution in [0.5, 0.6) is 0 Å². The predicted molar refractivity (Wildman–Crippen MR) is 172 cm³/mol. The van der Waals surface area contributed by atoms with Crippen LogP contribution >= 0.6 is 0 Å². The van der Waals surface area contributed by atoms with Crippen LogP contribution in [0.1, 0.15) is 48.8 Å². The van der Waals surface area contributed by atoms with Crippen molar-refractivity contribution in [2.45, 2.75) is 44.2 Å². The van der Waals surface area contributed by atoms with Crippen molar-refractivity contribution < 1.29 is 9.59 Å². The first-order valence-electron chi connectivity index (χ1n) is 15.1. The van der Waals surface area contributed by atoms with Gasteiger partial charge < -0.3 is 20.9 Å². The van der Waals surface area contributed by atoms with E-state index in [0.717, 1.165) is 31.4 Å². The highest BCUT2D eigenvalue weighted by Crippen LogP contribution is 2.27. The Balaban J connectivity index is 1.46. The van der Waals surface area contributed by atoms with E-state index in [0.29, 0.717) is 25.2 Å². The lowest BCUT2D eigenvalue weighted by molar-refractivity contribution is -0.133. The summed E-state index contributed by atoms with van der Waals surface area (Å²) in [6, 6.07) is 30.5. The van der Waals surface area contributed by atoms with Gasteiger partial charge in [-0.25, -0.2) is 0 Å². The molecule has 1 aliphatic heterocycles. The zero-order valence-corrected chi connectivity index (χ0v) is 24.8. The van der Waals surface area contributed by atoms with Gasteiger partial charge in [0.2, 0.25) is 5.91 Å². The number of hydrogen-bond acceptors (Lipinski definition) is 4. The maximum Gasteiger partial charge on any atom is 0.250 e. The molecule has 1 heterocycles. The van der Waals surface area contributed by atoms with Crippen molar-refractivity contribution in [2.24, 2.45) is 0 Å². The van der Waals surface area contributed by atoms with E-state index in [9.17, 15) is 9.59 Å². The molecule has 0 saturated carbocycles. The van der Waals surface area contributed by atoms with E-state index in [1.165, 1.54) is 11.1 Å². The molecule has 0 radical (unpaired) electrons. The number of benzene rings is 3. The number of rotatable bonds is 13. The van der Waals surface area contributed by atoms with Crippen LogP contribution in [0.25, 0.3) is 6.08 Å². The number of carbonyl (C=O) groups is 2. The smallest absolute Gasteiger partial charge is 0.250 e. The molecule has 6 heteroatoms. The van der Waals surface area contributed by atoms with Gasteiger partial charge in [0.25, 0.3) is 5.91 Å². The van der Waals surface area contributed by atoms with Crippen LogP contribution in [0.3, 0.4) is 0 Å². The third-order valence-corrected chi connectivity index (χ3v) is 7.86. The summed E-state index contributed by atoms with van der Waals surface area (Å²) in [6.07, 6.45) is 8.01. The van der Waals surface area contributed by atoms with Gasteiger partial charge in [0.1, 0.15) is 0 Å². The lowest BCUT2D eigenvalue weighted by Crippen LogP contribution is -2.49. The second kappa shape index (κ2) is 16.4. The molecule has 6 nitrogen and oxygen atoms in total. The Labute approximate surface area is 250 Å². The Morgan fingerprint density at radius 2 is 1.60 bits per heavy atom. The molecule has 1 fully saturated rings. The Hall–Kier alpha value is -4.00. The van der Waals surface area contributed by atoms with Crippen LogP contribution < -0.4 is 16.0 Å². The van der Waals surface area contributed by atoms with Crippen molar-refractivity contribution in [1.82, 2.24) is 20.9 Å². The summed E-state index contributed by atoms with van der Waals surface area (Å²) in [5.41, 5.74) is 4.06. The normalized spacial score (nSPS) is 17.9. The molecule has 2 unspecified atom stereocenters. The van der Waals surface area contributed by atoms with E-state index >= 15 is 0 Å². The standard InChI is InChI=1S/C36H44N4O2/c1-3-29(22-21-28-14-7-4-8-15-28)35(41)38-26-32-23-25-40(36(42)34(39-32)20-13-24-37-2)27-33(30-16-9-5-10-17-30)31-18-11-6-12-19-31/h3-12,14-19,21-22,32-34,37,39H,13,20,23-27H2,1-2H3,(H,38,41)/b22-21-,29-3+. The maximum atomic E-state index is 13.9. The Kier molecular flexibility index (Phi) is 12.1. The Morgan fingerprint density at radius 3 is 2.19 bits per heavy atom. The molecule has 4 rings (SSSR count). The lowest BCUT2D eigenvalue weighted by atomic mass is 9.90. The van der Waals surface area contributed by atoms with Crippen LogP contribution in [0.4, 0.5) is 0 Å². The molecule has 3 aromatic carbocycles. The first-order chi connectivity index (χ1) is 20.6. The number of amides is 2. The third kappa shape index (κ3) is 9.00. The summed E-state index contributed by atoms with van der Waals surface area (Å²) in [4.78, 5) is 29.0. The minimum atomic E-state index is -0.297. The molecular formula is C36H44N4O2. The van der Waals surface area contributed by atoms with E-state index < -0.39 is 0 Å². The largest absolute Gasteiger partial charge is 0.350 e. The van der Waals surface area contributed by atoms with Crippen molar-refractivity contribution in [3.05, 3.63) is 125 Å². The molecule has 0 aliphatic carbocycles. The molecule has 3 aromatic rings. The number of allylic oxidation sites excluding steroid dienone is 1. The molecule has 42 heavy (non-hydrogen) atoms. The maximum absolute atomic E-state index is 13.9. The summed E-state index contributed by atoms with van der Waals surface area (Å²) < 4.78 is 0. The third-order valence-electron chi connectivity index (χ3n) is 7.86. The van der Waals surface area contributed by atoms with Crippen molar-refractivity contribution in [1.29, 1.82) is 0 Å². The fraction of sp³-hybridized carbons (Fsp3) is 0.333. The van der Waals surface area contributed by atoms with Gasteiger partial charge in [-0.2, -0.15) is 0 Å². The average Bonchev–Trinajstić information content (AvgIpc) is 3.18.